The van der Waals surface area contributed by atoms with Crippen molar-refractivity contribution in [3.8, 4) is 0 Å². The summed E-state index contributed by atoms with van der Waals surface area (Å²) < 4.78 is 0. The van der Waals surface area contributed by atoms with E-state index in [0.29, 0.717) is 0 Å². The molecule has 0 aromatic carbocycles. The van der Waals surface area contributed by atoms with E-state index in [1.165, 1.54) is 37.7 Å². The Bertz CT molecular complexity index is 151. The molecule has 0 aromatic rings. The van der Waals surface area contributed by atoms with Crippen LogP contribution in [0, 0.1) is 6.92 Å². The molecule has 1 radical (unpaired) electrons. The van der Waals surface area contributed by atoms with Crippen LogP contribution in [-0.4, -0.2) is 0 Å². The van der Waals surface area contributed by atoms with Crippen LogP contribution in [0.5, 0.6) is 0 Å². The van der Waals surface area contributed by atoms with E-state index in [4.69, 9.17) is 0 Å². The maximum absolute atomic E-state index is 3.73. The molecule has 0 aliphatic heterocycles. The monoisotopic (exact) mass is 179 g/mol. The van der Waals surface area contributed by atoms with E-state index in [-0.39, 0.29) is 0 Å². The van der Waals surface area contributed by atoms with Gasteiger partial charge in [0.15, 0.2) is 0 Å². The number of hydrogen-bond acceptors (Lipinski definition) is 0. The molecule has 0 saturated heterocycles. The second-order valence-electron chi connectivity index (χ2n) is 3.58. The molecule has 13 heavy (non-hydrogen) atoms. The zero-order chi connectivity index (χ0) is 9.94. The van der Waals surface area contributed by atoms with Crippen molar-refractivity contribution in [2.45, 2.75) is 52.4 Å². The van der Waals surface area contributed by atoms with Gasteiger partial charge >= 0.3 is 0 Å². The summed E-state index contributed by atoms with van der Waals surface area (Å²) in [5, 5.41) is 0. The first-order valence-electron chi connectivity index (χ1n) is 5.41. The van der Waals surface area contributed by atoms with E-state index >= 15 is 0 Å². The summed E-state index contributed by atoms with van der Waals surface area (Å²) in [6.45, 7) is 8.10. The van der Waals surface area contributed by atoms with E-state index in [9.17, 15) is 0 Å². The molecule has 0 N–H and O–H groups in total. The summed E-state index contributed by atoms with van der Waals surface area (Å²) in [6, 6.07) is 0. The van der Waals surface area contributed by atoms with Crippen LogP contribution in [0.3, 0.4) is 0 Å². The molecular formula is C13H23. The van der Waals surface area contributed by atoms with Gasteiger partial charge in [-0.05, 0) is 33.1 Å². The maximum atomic E-state index is 3.73. The molecule has 0 spiro atoms. The molecule has 0 nitrogen and oxygen atoms in total. The summed E-state index contributed by atoms with van der Waals surface area (Å²) in [4.78, 5) is 0. The molecule has 0 aromatic heterocycles. The molecule has 0 bridgehead atoms. The van der Waals surface area contributed by atoms with Crippen LogP contribution in [0.4, 0.5) is 0 Å². The fourth-order valence-corrected chi connectivity index (χ4v) is 1.16. The predicted molar refractivity (Wildman–Crippen MR) is 61.6 cm³/mol. The van der Waals surface area contributed by atoms with Crippen LogP contribution in [0.15, 0.2) is 23.8 Å². The highest BCUT2D eigenvalue weighted by molar-refractivity contribution is 5.05. The third-order valence-electron chi connectivity index (χ3n) is 2.18. The van der Waals surface area contributed by atoms with Crippen LogP contribution in [0.2, 0.25) is 0 Å². The second-order valence-corrected chi connectivity index (χ2v) is 3.58. The molecule has 0 aliphatic carbocycles. The number of hydrogen-bond donors (Lipinski definition) is 0. The van der Waals surface area contributed by atoms with Crippen molar-refractivity contribution in [3.63, 3.8) is 0 Å². The Balaban J connectivity index is 3.22. The normalized spacial score (nSPS) is 12.7. The zero-order valence-electron chi connectivity index (χ0n) is 9.18. The molecule has 0 heteroatoms. The van der Waals surface area contributed by atoms with Gasteiger partial charge in [-0.15, -0.1) is 0 Å². The summed E-state index contributed by atoms with van der Waals surface area (Å²) in [5.74, 6) is 0. The van der Waals surface area contributed by atoms with E-state index in [2.05, 4.69) is 32.9 Å². The molecule has 0 saturated carbocycles. The minimum atomic E-state index is 1.07. The lowest BCUT2D eigenvalue weighted by Gasteiger charge is -1.95. The van der Waals surface area contributed by atoms with E-state index in [1.54, 1.807) is 0 Å². The first-order valence-corrected chi connectivity index (χ1v) is 5.41. The predicted octanol–water partition coefficient (Wildman–Crippen LogP) is 4.68. The highest BCUT2D eigenvalue weighted by atomic mass is 13.9. The van der Waals surface area contributed by atoms with Crippen LogP contribution in [0.1, 0.15) is 52.4 Å². The number of rotatable bonds is 7. The molecule has 75 valence electrons. The lowest BCUT2D eigenvalue weighted by atomic mass is 10.1. The summed E-state index contributed by atoms with van der Waals surface area (Å²) in [6.07, 6.45) is 14.2. The quantitative estimate of drug-likeness (QED) is 0.393. The van der Waals surface area contributed by atoms with Crippen LogP contribution < -0.4 is 0 Å². The largest absolute Gasteiger partial charge is 0.0882 e. The van der Waals surface area contributed by atoms with Gasteiger partial charge < -0.3 is 0 Å². The Labute approximate surface area is 83.7 Å². The Hall–Kier alpha value is -0.520. The van der Waals surface area contributed by atoms with Gasteiger partial charge in [-0.25, -0.2) is 0 Å². The number of unbranched alkanes of at least 4 members (excludes halogenated alkanes) is 4. The summed E-state index contributed by atoms with van der Waals surface area (Å²) >= 11 is 0. The van der Waals surface area contributed by atoms with Gasteiger partial charge in [0.1, 0.15) is 0 Å². The van der Waals surface area contributed by atoms with Crippen molar-refractivity contribution >= 4 is 0 Å². The van der Waals surface area contributed by atoms with Crippen molar-refractivity contribution in [1.29, 1.82) is 0 Å². The molecule has 0 atom stereocenters. The van der Waals surface area contributed by atoms with Gasteiger partial charge in [-0.3, -0.25) is 0 Å². The van der Waals surface area contributed by atoms with Crippen LogP contribution >= 0.6 is 0 Å². The van der Waals surface area contributed by atoms with Crippen molar-refractivity contribution in [3.05, 3.63) is 30.7 Å². The lowest BCUT2D eigenvalue weighted by molar-refractivity contribution is 0.674. The van der Waals surface area contributed by atoms with Gasteiger partial charge in [0.2, 0.25) is 0 Å². The SMILES string of the molecule is [CH2]C=C(C)CC=CCCCCCC. The van der Waals surface area contributed by atoms with Crippen molar-refractivity contribution in [2.24, 2.45) is 0 Å². The van der Waals surface area contributed by atoms with Crippen molar-refractivity contribution in [2.75, 3.05) is 0 Å². The summed E-state index contributed by atoms with van der Waals surface area (Å²) in [7, 11) is 0. The van der Waals surface area contributed by atoms with Crippen LogP contribution in [0.25, 0.3) is 0 Å². The minimum absolute atomic E-state index is 1.07. The average Bonchev–Trinajstić information content (AvgIpc) is 2.16. The highest BCUT2D eigenvalue weighted by Crippen LogP contribution is 2.05. The van der Waals surface area contributed by atoms with Gasteiger partial charge in [0.05, 0.1) is 0 Å². The maximum Gasteiger partial charge on any atom is -0.0142 e. The highest BCUT2D eigenvalue weighted by Gasteiger charge is 1.85. The molecule has 0 unspecified atom stereocenters. The van der Waals surface area contributed by atoms with Gasteiger partial charge in [-0.1, -0.05) is 50.0 Å². The van der Waals surface area contributed by atoms with Gasteiger partial charge in [-0.2, -0.15) is 0 Å². The smallest absolute Gasteiger partial charge is 0.0142 e. The average molecular weight is 179 g/mol. The Morgan fingerprint density at radius 2 is 1.92 bits per heavy atom. The molecule has 0 amide bonds. The Morgan fingerprint density at radius 1 is 1.15 bits per heavy atom. The first-order chi connectivity index (χ1) is 6.31. The van der Waals surface area contributed by atoms with E-state index < -0.39 is 0 Å². The molecule has 0 fully saturated rings. The first kappa shape index (κ1) is 12.5. The topological polar surface area (TPSA) is 0 Å². The number of allylic oxidation sites excluding steroid dienone is 4. The van der Waals surface area contributed by atoms with Gasteiger partial charge in [0, 0.05) is 0 Å². The standard InChI is InChI=1S/C13H23/c1-4-6-7-8-9-10-11-12-13(3)5-2/h5,10-11H,2,4,6-9,12H2,1,3H3. The molecule has 0 heterocycles. The Morgan fingerprint density at radius 3 is 2.54 bits per heavy atom. The molecular weight excluding hydrogens is 156 g/mol. The molecule has 0 aliphatic rings. The third-order valence-corrected chi connectivity index (χ3v) is 2.18. The van der Waals surface area contributed by atoms with Gasteiger partial charge in [0.25, 0.3) is 0 Å². The summed E-state index contributed by atoms with van der Waals surface area (Å²) in [5.41, 5.74) is 1.35. The van der Waals surface area contributed by atoms with Crippen molar-refractivity contribution < 1.29 is 0 Å². The van der Waals surface area contributed by atoms with Crippen LogP contribution in [-0.2, 0) is 0 Å². The minimum Gasteiger partial charge on any atom is -0.0882 e. The zero-order valence-corrected chi connectivity index (χ0v) is 9.18. The second kappa shape index (κ2) is 9.57. The fraction of sp³-hybridized carbons (Fsp3) is 0.615. The molecule has 0 rings (SSSR count). The Kier molecular flexibility index (Phi) is 9.18. The third kappa shape index (κ3) is 9.39. The van der Waals surface area contributed by atoms with E-state index in [1.807, 2.05) is 6.08 Å². The van der Waals surface area contributed by atoms with Crippen molar-refractivity contribution in [1.82, 2.24) is 0 Å². The lowest BCUT2D eigenvalue weighted by Crippen LogP contribution is -1.74. The fourth-order valence-electron chi connectivity index (χ4n) is 1.16. The van der Waals surface area contributed by atoms with E-state index in [0.717, 1.165) is 6.42 Å².